The highest BCUT2D eigenvalue weighted by molar-refractivity contribution is 7.20. The number of carbonyl (C=O) groups is 1. The molecule has 0 aromatic heterocycles. The Labute approximate surface area is 109 Å². The molecule has 3 rings (SSSR count). The smallest absolute Gasteiger partial charge is 0.236 e. The second-order valence-electron chi connectivity index (χ2n) is 4.43. The molecule has 0 radical (unpaired) electrons. The van der Waals surface area contributed by atoms with Gasteiger partial charge in [-0.15, -0.1) is 9.24 Å². The Kier molecular flexibility index (Phi) is 2.89. The SMILES string of the molecule is O=C1C(P)C(c2ccccc2)N1c1ccccc1. The standard InChI is InChI=1S/C15H14NOP/c17-15-14(18)13(11-7-3-1-4-8-11)16(15)12-9-5-2-6-10-12/h1-10,13-14H,18H2. The zero-order valence-corrected chi connectivity index (χ0v) is 11.0. The van der Waals surface area contributed by atoms with Gasteiger partial charge in [0.05, 0.1) is 11.7 Å². The number of rotatable bonds is 2. The van der Waals surface area contributed by atoms with Gasteiger partial charge in [-0.1, -0.05) is 48.5 Å². The average molecular weight is 255 g/mol. The molecule has 1 fully saturated rings. The van der Waals surface area contributed by atoms with Crippen LogP contribution in [0, 0.1) is 0 Å². The number of hydrogen-bond acceptors (Lipinski definition) is 1. The van der Waals surface area contributed by atoms with Crippen LogP contribution in [0.25, 0.3) is 0 Å². The maximum atomic E-state index is 12.1. The van der Waals surface area contributed by atoms with Gasteiger partial charge in [0.25, 0.3) is 0 Å². The molecule has 0 spiro atoms. The predicted molar refractivity (Wildman–Crippen MR) is 76.6 cm³/mol. The van der Waals surface area contributed by atoms with Crippen molar-refractivity contribution in [2.75, 3.05) is 4.90 Å². The van der Waals surface area contributed by atoms with Gasteiger partial charge in [-0.3, -0.25) is 4.79 Å². The summed E-state index contributed by atoms with van der Waals surface area (Å²) in [5, 5.41) is 0. The molecule has 18 heavy (non-hydrogen) atoms. The van der Waals surface area contributed by atoms with E-state index >= 15 is 0 Å². The first kappa shape index (κ1) is 11.4. The lowest BCUT2D eigenvalue weighted by molar-refractivity contribution is -0.123. The van der Waals surface area contributed by atoms with Crippen LogP contribution in [0.4, 0.5) is 5.69 Å². The number of β-lactam (4-membered cyclic amide) rings is 1. The van der Waals surface area contributed by atoms with Crippen molar-refractivity contribution in [3.8, 4) is 0 Å². The van der Waals surface area contributed by atoms with E-state index in [0.29, 0.717) is 0 Å². The van der Waals surface area contributed by atoms with Gasteiger partial charge in [-0.05, 0) is 17.7 Å². The lowest BCUT2D eigenvalue weighted by Gasteiger charge is -2.45. The number of amides is 1. The molecule has 3 atom stereocenters. The minimum atomic E-state index is -0.0207. The van der Waals surface area contributed by atoms with Gasteiger partial charge in [-0.25, -0.2) is 0 Å². The Balaban J connectivity index is 1.97. The molecule has 1 heterocycles. The van der Waals surface area contributed by atoms with Crippen molar-refractivity contribution in [1.82, 2.24) is 0 Å². The molecule has 2 nitrogen and oxygen atoms in total. The minimum Gasteiger partial charge on any atom is -0.303 e. The Morgan fingerprint density at radius 1 is 0.889 bits per heavy atom. The summed E-state index contributed by atoms with van der Waals surface area (Å²) in [6.07, 6.45) is 0. The van der Waals surface area contributed by atoms with Crippen molar-refractivity contribution < 1.29 is 4.79 Å². The summed E-state index contributed by atoms with van der Waals surface area (Å²) < 4.78 is 0. The van der Waals surface area contributed by atoms with Crippen molar-refractivity contribution >= 4 is 20.8 Å². The Bertz CT molecular complexity index is 555. The molecule has 2 aromatic carbocycles. The second kappa shape index (κ2) is 4.55. The van der Waals surface area contributed by atoms with Gasteiger partial charge in [-0.2, -0.15) is 0 Å². The van der Waals surface area contributed by atoms with Gasteiger partial charge in [0.2, 0.25) is 5.91 Å². The monoisotopic (exact) mass is 255 g/mol. The van der Waals surface area contributed by atoms with Crippen molar-refractivity contribution in [1.29, 1.82) is 0 Å². The molecular weight excluding hydrogens is 241 g/mol. The summed E-state index contributed by atoms with van der Waals surface area (Å²) in [6.45, 7) is 0. The number of hydrogen-bond donors (Lipinski definition) is 0. The summed E-state index contributed by atoms with van der Waals surface area (Å²) in [5.74, 6) is 0.167. The van der Waals surface area contributed by atoms with Crippen molar-refractivity contribution in [3.63, 3.8) is 0 Å². The van der Waals surface area contributed by atoms with Crippen molar-refractivity contribution in [2.24, 2.45) is 0 Å². The van der Waals surface area contributed by atoms with Crippen molar-refractivity contribution in [3.05, 3.63) is 66.2 Å². The average Bonchev–Trinajstić information content (AvgIpc) is 2.45. The fourth-order valence-electron chi connectivity index (χ4n) is 2.39. The Morgan fingerprint density at radius 2 is 1.44 bits per heavy atom. The first-order valence-electron chi connectivity index (χ1n) is 5.97. The zero-order valence-electron chi connectivity index (χ0n) is 9.86. The van der Waals surface area contributed by atoms with E-state index in [1.165, 1.54) is 5.56 Å². The third-order valence-corrected chi connectivity index (χ3v) is 3.97. The van der Waals surface area contributed by atoms with E-state index in [4.69, 9.17) is 0 Å². The maximum absolute atomic E-state index is 12.1. The minimum absolute atomic E-state index is 0.0207. The van der Waals surface area contributed by atoms with Crippen LogP contribution in [0.5, 0.6) is 0 Å². The molecule has 2 aromatic rings. The van der Waals surface area contributed by atoms with Crippen LogP contribution in [-0.4, -0.2) is 11.6 Å². The molecule has 90 valence electrons. The second-order valence-corrected chi connectivity index (χ2v) is 5.14. The van der Waals surface area contributed by atoms with E-state index in [9.17, 15) is 4.79 Å². The first-order chi connectivity index (χ1) is 8.79. The summed E-state index contributed by atoms with van der Waals surface area (Å²) in [5.41, 5.74) is 2.13. The first-order valence-corrected chi connectivity index (χ1v) is 6.64. The predicted octanol–water partition coefficient (Wildman–Crippen LogP) is 3.02. The van der Waals surface area contributed by atoms with Gasteiger partial charge in [0.1, 0.15) is 0 Å². The van der Waals surface area contributed by atoms with E-state index < -0.39 is 0 Å². The van der Waals surface area contributed by atoms with Crippen LogP contribution in [0.3, 0.4) is 0 Å². The van der Waals surface area contributed by atoms with Crippen molar-refractivity contribution in [2.45, 2.75) is 11.7 Å². The molecule has 1 amide bonds. The highest BCUT2D eigenvalue weighted by Gasteiger charge is 2.45. The highest BCUT2D eigenvalue weighted by Crippen LogP contribution is 2.42. The summed E-state index contributed by atoms with van der Waals surface area (Å²) >= 11 is 0. The molecule has 0 N–H and O–H groups in total. The zero-order chi connectivity index (χ0) is 12.5. The molecule has 0 saturated carbocycles. The molecule has 3 heteroatoms. The van der Waals surface area contributed by atoms with Crippen LogP contribution >= 0.6 is 9.24 Å². The molecule has 3 unspecified atom stereocenters. The van der Waals surface area contributed by atoms with E-state index in [-0.39, 0.29) is 17.6 Å². The summed E-state index contributed by atoms with van der Waals surface area (Å²) in [4.78, 5) is 13.9. The molecule has 1 aliphatic heterocycles. The third kappa shape index (κ3) is 1.74. The Morgan fingerprint density at radius 3 is 2.06 bits per heavy atom. The quantitative estimate of drug-likeness (QED) is 0.596. The van der Waals surface area contributed by atoms with E-state index in [0.717, 1.165) is 5.69 Å². The van der Waals surface area contributed by atoms with Crippen LogP contribution in [0.1, 0.15) is 11.6 Å². The summed E-state index contributed by atoms with van der Waals surface area (Å²) in [6, 6.07) is 20.1. The molecular formula is C15H14NOP. The summed E-state index contributed by atoms with van der Waals surface area (Å²) in [7, 11) is 2.66. The highest BCUT2D eigenvalue weighted by atomic mass is 31.0. The number of carbonyl (C=O) groups excluding carboxylic acids is 1. The lowest BCUT2D eigenvalue weighted by Crippen LogP contribution is -2.56. The fraction of sp³-hybridized carbons (Fsp3) is 0.133. The number of nitrogens with zero attached hydrogens (tertiary/aromatic N) is 1. The van der Waals surface area contributed by atoms with E-state index in [2.05, 4.69) is 21.4 Å². The van der Waals surface area contributed by atoms with Crippen LogP contribution in [0.2, 0.25) is 0 Å². The van der Waals surface area contributed by atoms with Gasteiger partial charge in [0, 0.05) is 5.69 Å². The lowest BCUT2D eigenvalue weighted by atomic mass is 9.92. The number of benzene rings is 2. The normalized spacial score (nSPS) is 22.7. The molecule has 0 aliphatic carbocycles. The van der Waals surface area contributed by atoms with Gasteiger partial charge >= 0.3 is 0 Å². The van der Waals surface area contributed by atoms with E-state index in [1.54, 1.807) is 0 Å². The molecule has 1 saturated heterocycles. The van der Waals surface area contributed by atoms with Crippen LogP contribution in [-0.2, 0) is 4.79 Å². The number of para-hydroxylation sites is 1. The Hall–Kier alpha value is -1.66. The topological polar surface area (TPSA) is 20.3 Å². The largest absolute Gasteiger partial charge is 0.303 e. The fourth-order valence-corrected chi connectivity index (χ4v) is 2.95. The van der Waals surface area contributed by atoms with Crippen LogP contribution < -0.4 is 4.90 Å². The molecule has 0 bridgehead atoms. The van der Waals surface area contributed by atoms with Gasteiger partial charge in [0.15, 0.2) is 0 Å². The van der Waals surface area contributed by atoms with Gasteiger partial charge < -0.3 is 4.90 Å². The number of anilines is 1. The molecule has 1 aliphatic rings. The van der Waals surface area contributed by atoms with E-state index in [1.807, 2.05) is 53.4 Å². The maximum Gasteiger partial charge on any atom is 0.236 e. The third-order valence-electron chi connectivity index (χ3n) is 3.32. The van der Waals surface area contributed by atoms with Crippen LogP contribution in [0.15, 0.2) is 60.7 Å².